The predicted octanol–water partition coefficient (Wildman–Crippen LogP) is 5.35. The summed E-state index contributed by atoms with van der Waals surface area (Å²) < 4.78 is 6.02. The van der Waals surface area contributed by atoms with Crippen LogP contribution in [0.4, 0.5) is 0 Å². The molecule has 1 saturated carbocycles. The molecule has 1 rings (SSSR count). The lowest BCUT2D eigenvalue weighted by Crippen LogP contribution is -2.47. The van der Waals surface area contributed by atoms with Gasteiger partial charge in [0.15, 0.2) is 0 Å². The number of hydrogen-bond donors (Lipinski definition) is 0. The number of carbonyl (C=O) groups excluding carboxylic acids is 1. The molecule has 1 aliphatic rings. The van der Waals surface area contributed by atoms with E-state index in [-0.39, 0.29) is 17.0 Å². The van der Waals surface area contributed by atoms with Gasteiger partial charge >= 0.3 is 5.97 Å². The summed E-state index contributed by atoms with van der Waals surface area (Å²) in [6.07, 6.45) is 7.08. The van der Waals surface area contributed by atoms with Crippen LogP contribution in [0, 0.1) is 16.7 Å². The molecule has 0 bridgehead atoms. The van der Waals surface area contributed by atoms with Crippen molar-refractivity contribution < 1.29 is 9.53 Å². The van der Waals surface area contributed by atoms with Gasteiger partial charge in [0.2, 0.25) is 0 Å². The first-order chi connectivity index (χ1) is 9.04. The molecule has 0 N–H and O–H groups in total. The van der Waals surface area contributed by atoms with E-state index in [0.717, 1.165) is 6.42 Å². The maximum Gasteiger partial charge on any atom is 0.312 e. The lowest BCUT2D eigenvalue weighted by Gasteiger charge is -2.43. The molecule has 2 heteroatoms. The van der Waals surface area contributed by atoms with E-state index in [4.69, 9.17) is 4.74 Å². The molecule has 0 aromatic carbocycles. The van der Waals surface area contributed by atoms with Crippen LogP contribution in [-0.2, 0) is 9.53 Å². The molecule has 0 saturated heterocycles. The summed E-state index contributed by atoms with van der Waals surface area (Å²) >= 11 is 0. The molecule has 1 unspecified atom stereocenters. The van der Waals surface area contributed by atoms with Crippen LogP contribution in [0.5, 0.6) is 0 Å². The van der Waals surface area contributed by atoms with Gasteiger partial charge in [0.25, 0.3) is 0 Å². The van der Waals surface area contributed by atoms with E-state index in [1.54, 1.807) is 0 Å². The number of carbonyl (C=O) groups is 1. The molecule has 0 radical (unpaired) electrons. The quantitative estimate of drug-likeness (QED) is 0.650. The highest BCUT2D eigenvalue weighted by Gasteiger charge is 2.46. The molecule has 0 heterocycles. The van der Waals surface area contributed by atoms with Crippen molar-refractivity contribution >= 4 is 5.97 Å². The minimum atomic E-state index is -0.418. The highest BCUT2D eigenvalue weighted by molar-refractivity contribution is 5.77. The Hall–Kier alpha value is -0.530. The average molecular weight is 282 g/mol. The Morgan fingerprint density at radius 3 is 1.90 bits per heavy atom. The monoisotopic (exact) mass is 282 g/mol. The fourth-order valence-corrected chi connectivity index (χ4v) is 3.21. The van der Waals surface area contributed by atoms with Crippen LogP contribution in [0.15, 0.2) is 0 Å². The van der Waals surface area contributed by atoms with Crippen molar-refractivity contribution in [3.63, 3.8) is 0 Å². The van der Waals surface area contributed by atoms with E-state index in [9.17, 15) is 4.79 Å². The normalized spacial score (nSPS) is 21.4. The van der Waals surface area contributed by atoms with Crippen LogP contribution in [0.3, 0.4) is 0 Å². The van der Waals surface area contributed by atoms with Gasteiger partial charge in [-0.25, -0.2) is 0 Å². The van der Waals surface area contributed by atoms with Gasteiger partial charge in [-0.2, -0.15) is 0 Å². The molecule has 118 valence electrons. The number of rotatable bonds is 4. The molecule has 1 atom stereocenters. The predicted molar refractivity (Wildman–Crippen MR) is 84.6 cm³/mol. The van der Waals surface area contributed by atoms with Crippen LogP contribution >= 0.6 is 0 Å². The first kappa shape index (κ1) is 17.5. The molecular formula is C18H34O2. The van der Waals surface area contributed by atoms with Crippen molar-refractivity contribution in [2.75, 3.05) is 0 Å². The van der Waals surface area contributed by atoms with Crippen LogP contribution in [0.2, 0.25) is 0 Å². The molecule has 2 nitrogen and oxygen atoms in total. The highest BCUT2D eigenvalue weighted by Crippen LogP contribution is 2.44. The van der Waals surface area contributed by atoms with E-state index in [2.05, 4.69) is 41.5 Å². The third-order valence-corrected chi connectivity index (χ3v) is 5.76. The van der Waals surface area contributed by atoms with E-state index < -0.39 is 5.41 Å². The highest BCUT2D eigenvalue weighted by atomic mass is 16.6. The third-order valence-electron chi connectivity index (χ3n) is 5.76. The third kappa shape index (κ3) is 3.56. The smallest absolute Gasteiger partial charge is 0.312 e. The number of ether oxygens (including phenoxy) is 1. The molecule has 20 heavy (non-hydrogen) atoms. The summed E-state index contributed by atoms with van der Waals surface area (Å²) in [5, 5.41) is 0. The molecule has 0 amide bonds. The van der Waals surface area contributed by atoms with Gasteiger partial charge in [-0.05, 0) is 51.4 Å². The van der Waals surface area contributed by atoms with Crippen molar-refractivity contribution in [3.8, 4) is 0 Å². The zero-order valence-corrected chi connectivity index (χ0v) is 14.6. The number of hydrogen-bond acceptors (Lipinski definition) is 2. The molecule has 0 aliphatic heterocycles. The Kier molecular flexibility index (Phi) is 5.32. The van der Waals surface area contributed by atoms with Gasteiger partial charge in [0.05, 0.1) is 5.41 Å². The van der Waals surface area contributed by atoms with Crippen molar-refractivity contribution in [2.24, 2.45) is 16.7 Å². The summed E-state index contributed by atoms with van der Waals surface area (Å²) in [6, 6.07) is 0. The fraction of sp³-hybridized carbons (Fsp3) is 0.944. The Morgan fingerprint density at radius 1 is 1.00 bits per heavy atom. The second-order valence-electron chi connectivity index (χ2n) is 8.26. The van der Waals surface area contributed by atoms with Crippen LogP contribution in [0.25, 0.3) is 0 Å². The lowest BCUT2D eigenvalue weighted by atomic mass is 9.66. The molecule has 0 spiro atoms. The minimum absolute atomic E-state index is 0.0249. The first-order valence-electron chi connectivity index (χ1n) is 8.28. The first-order valence-corrected chi connectivity index (χ1v) is 8.28. The van der Waals surface area contributed by atoms with E-state index in [0.29, 0.717) is 5.92 Å². The van der Waals surface area contributed by atoms with Gasteiger partial charge in [-0.15, -0.1) is 0 Å². The van der Waals surface area contributed by atoms with Crippen molar-refractivity contribution in [1.29, 1.82) is 0 Å². The number of esters is 1. The molecule has 1 fully saturated rings. The molecule has 1 aliphatic carbocycles. The van der Waals surface area contributed by atoms with Gasteiger partial charge in [0, 0.05) is 0 Å². The average Bonchev–Trinajstić information content (AvgIpc) is 2.36. The van der Waals surface area contributed by atoms with Gasteiger partial charge in [-0.3, -0.25) is 4.79 Å². The zero-order chi connectivity index (χ0) is 15.6. The van der Waals surface area contributed by atoms with Crippen LogP contribution < -0.4 is 0 Å². The van der Waals surface area contributed by atoms with Crippen molar-refractivity contribution in [1.82, 2.24) is 0 Å². The second kappa shape index (κ2) is 6.07. The second-order valence-corrected chi connectivity index (χ2v) is 8.26. The van der Waals surface area contributed by atoms with E-state index in [1.807, 2.05) is 6.92 Å². The van der Waals surface area contributed by atoms with Crippen molar-refractivity contribution in [2.45, 2.75) is 92.6 Å². The lowest BCUT2D eigenvalue weighted by molar-refractivity contribution is -0.182. The summed E-state index contributed by atoms with van der Waals surface area (Å²) in [5.74, 6) is 0.490. The summed E-state index contributed by atoms with van der Waals surface area (Å²) in [4.78, 5) is 12.8. The standard InChI is InChI=1S/C18H34O2/c1-8-18(7,16(2,3)4)15(19)20-17(5,6)14-12-10-9-11-13-14/h14H,8-13H2,1-7H3. The van der Waals surface area contributed by atoms with Crippen LogP contribution in [-0.4, -0.2) is 11.6 Å². The largest absolute Gasteiger partial charge is 0.459 e. The minimum Gasteiger partial charge on any atom is -0.459 e. The Morgan fingerprint density at radius 2 is 1.50 bits per heavy atom. The molecule has 0 aromatic rings. The Balaban J connectivity index is 2.82. The SMILES string of the molecule is CCC(C)(C(=O)OC(C)(C)C1CCCCC1)C(C)(C)C. The van der Waals surface area contributed by atoms with Gasteiger partial charge in [-0.1, -0.05) is 47.0 Å². The Labute approximate surface area is 125 Å². The van der Waals surface area contributed by atoms with Crippen LogP contribution in [0.1, 0.15) is 87.0 Å². The maximum absolute atomic E-state index is 12.8. The summed E-state index contributed by atoms with van der Waals surface area (Å²) in [7, 11) is 0. The summed E-state index contributed by atoms with van der Waals surface area (Å²) in [6.45, 7) is 14.7. The Bertz CT molecular complexity index is 332. The van der Waals surface area contributed by atoms with E-state index >= 15 is 0 Å². The summed E-state index contributed by atoms with van der Waals surface area (Å²) in [5.41, 5.74) is -0.834. The molecule has 0 aromatic heterocycles. The molecular weight excluding hydrogens is 248 g/mol. The van der Waals surface area contributed by atoms with E-state index in [1.165, 1.54) is 32.1 Å². The maximum atomic E-state index is 12.8. The van der Waals surface area contributed by atoms with Crippen molar-refractivity contribution in [3.05, 3.63) is 0 Å². The zero-order valence-electron chi connectivity index (χ0n) is 14.6. The van der Waals surface area contributed by atoms with Gasteiger partial charge < -0.3 is 4.74 Å². The topological polar surface area (TPSA) is 26.3 Å². The van der Waals surface area contributed by atoms with Gasteiger partial charge in [0.1, 0.15) is 5.60 Å². The fourth-order valence-electron chi connectivity index (χ4n) is 3.21.